The van der Waals surface area contributed by atoms with Gasteiger partial charge >= 0.3 is 12.2 Å². The number of nitrogens with zero attached hydrogens (tertiary/aromatic N) is 5. The molecule has 1 aliphatic heterocycles. The summed E-state index contributed by atoms with van der Waals surface area (Å²) in [6, 6.07) is 7.66. The molecule has 0 bridgehead atoms. The molecule has 1 aromatic carbocycles. The van der Waals surface area contributed by atoms with Gasteiger partial charge in [0.25, 0.3) is 0 Å². The van der Waals surface area contributed by atoms with Crippen molar-refractivity contribution in [2.45, 2.75) is 95.6 Å². The summed E-state index contributed by atoms with van der Waals surface area (Å²) in [6.07, 6.45) is 2.33. The van der Waals surface area contributed by atoms with Gasteiger partial charge in [-0.3, -0.25) is 0 Å². The lowest BCUT2D eigenvalue weighted by atomic mass is 10.1. The van der Waals surface area contributed by atoms with Crippen LogP contribution in [-0.4, -0.2) is 61.2 Å². The van der Waals surface area contributed by atoms with E-state index in [4.69, 9.17) is 14.6 Å². The van der Waals surface area contributed by atoms with Gasteiger partial charge < -0.3 is 14.4 Å². The van der Waals surface area contributed by atoms with Gasteiger partial charge in [-0.25, -0.2) is 28.4 Å². The molecule has 1 aliphatic rings. The first kappa shape index (κ1) is 30.6. The molecule has 0 N–H and O–H groups in total. The van der Waals surface area contributed by atoms with Crippen LogP contribution in [-0.2, 0) is 9.47 Å². The molecular formula is C30H40FN5O4S. The van der Waals surface area contributed by atoms with Crippen molar-refractivity contribution < 1.29 is 23.5 Å². The van der Waals surface area contributed by atoms with E-state index in [1.54, 1.807) is 60.3 Å². The van der Waals surface area contributed by atoms with Gasteiger partial charge in [-0.2, -0.15) is 5.10 Å². The molecule has 222 valence electrons. The maximum atomic E-state index is 14.4. The zero-order valence-corrected chi connectivity index (χ0v) is 25.9. The monoisotopic (exact) mass is 585 g/mol. The average Bonchev–Trinajstić information content (AvgIpc) is 3.27. The summed E-state index contributed by atoms with van der Waals surface area (Å²) in [5.74, 6) is -0.356. The molecule has 2 amide bonds. The molecule has 9 nitrogen and oxygen atoms in total. The van der Waals surface area contributed by atoms with Gasteiger partial charge in [-0.05, 0) is 78.5 Å². The Labute approximate surface area is 245 Å². The molecule has 1 saturated heterocycles. The number of piperidine rings is 1. The highest BCUT2D eigenvalue weighted by molar-refractivity contribution is 7.99. The maximum absolute atomic E-state index is 14.4. The Hall–Kier alpha value is -3.34. The van der Waals surface area contributed by atoms with E-state index in [0.717, 1.165) is 18.5 Å². The summed E-state index contributed by atoms with van der Waals surface area (Å²) in [4.78, 5) is 33.9. The highest BCUT2D eigenvalue weighted by atomic mass is 32.2. The van der Waals surface area contributed by atoms with Gasteiger partial charge in [-0.15, -0.1) is 11.8 Å². The highest BCUT2D eigenvalue weighted by Crippen LogP contribution is 2.37. The van der Waals surface area contributed by atoms with Gasteiger partial charge in [0.15, 0.2) is 5.65 Å². The van der Waals surface area contributed by atoms with Gasteiger partial charge in [0, 0.05) is 24.4 Å². The van der Waals surface area contributed by atoms with Gasteiger partial charge in [-0.1, -0.05) is 19.9 Å². The fourth-order valence-corrected chi connectivity index (χ4v) is 5.58. The lowest BCUT2D eigenvalue weighted by Crippen LogP contribution is -2.42. The summed E-state index contributed by atoms with van der Waals surface area (Å²) in [5.41, 5.74) is 0.798. The molecule has 3 aromatic rings. The topological polar surface area (TPSA) is 89.3 Å². The molecule has 0 atom stereocenters. The number of ether oxygens (including phenoxy) is 2. The number of carbonyl (C=O) groups excluding carboxylic acids is 2. The Morgan fingerprint density at radius 1 is 1.05 bits per heavy atom. The first-order valence-corrected chi connectivity index (χ1v) is 14.8. The molecule has 0 saturated carbocycles. The first-order chi connectivity index (χ1) is 19.1. The van der Waals surface area contributed by atoms with Crippen LogP contribution in [0.4, 0.5) is 25.4 Å². The maximum Gasteiger partial charge on any atom is 0.419 e. The number of anilines is 2. The zero-order valence-electron chi connectivity index (χ0n) is 25.1. The number of amides is 2. The number of aromatic nitrogens is 3. The number of imidazole rings is 1. The van der Waals surface area contributed by atoms with Crippen LogP contribution in [0.3, 0.4) is 0 Å². The number of hydrogen-bond donors (Lipinski definition) is 0. The third kappa shape index (κ3) is 7.69. The molecule has 2 aromatic heterocycles. The average molecular weight is 586 g/mol. The van der Waals surface area contributed by atoms with Crippen molar-refractivity contribution in [1.29, 1.82) is 0 Å². The normalized spacial score (nSPS) is 14.9. The van der Waals surface area contributed by atoms with Crippen molar-refractivity contribution in [2.75, 3.05) is 18.0 Å². The van der Waals surface area contributed by atoms with E-state index in [1.165, 1.54) is 17.0 Å². The molecule has 0 aliphatic carbocycles. The van der Waals surface area contributed by atoms with Crippen molar-refractivity contribution >= 4 is 41.0 Å². The Bertz CT molecular complexity index is 1400. The Kier molecular flexibility index (Phi) is 8.87. The van der Waals surface area contributed by atoms with E-state index < -0.39 is 23.1 Å². The van der Waals surface area contributed by atoms with Crippen molar-refractivity contribution in [3.63, 3.8) is 0 Å². The third-order valence-corrected chi connectivity index (χ3v) is 7.55. The number of hydrogen-bond acceptors (Lipinski definition) is 7. The minimum absolute atomic E-state index is 0.117. The third-order valence-electron chi connectivity index (χ3n) is 6.31. The number of carbonyl (C=O) groups is 2. The Morgan fingerprint density at radius 3 is 2.29 bits per heavy atom. The van der Waals surface area contributed by atoms with Crippen molar-refractivity contribution in [3.8, 4) is 0 Å². The number of likely N-dealkylation sites (tertiary alicyclic amines) is 1. The second-order valence-corrected chi connectivity index (χ2v) is 13.8. The molecule has 4 rings (SSSR count). The molecule has 3 heterocycles. The van der Waals surface area contributed by atoms with Crippen LogP contribution < -0.4 is 4.90 Å². The van der Waals surface area contributed by atoms with Gasteiger partial charge in [0.1, 0.15) is 22.0 Å². The van der Waals surface area contributed by atoms with E-state index in [0.29, 0.717) is 35.1 Å². The van der Waals surface area contributed by atoms with Crippen molar-refractivity contribution in [1.82, 2.24) is 19.5 Å². The van der Waals surface area contributed by atoms with Crippen LogP contribution in [0.15, 0.2) is 41.6 Å². The van der Waals surface area contributed by atoms with Crippen LogP contribution >= 0.6 is 11.8 Å². The predicted molar refractivity (Wildman–Crippen MR) is 159 cm³/mol. The summed E-state index contributed by atoms with van der Waals surface area (Å²) < 4.78 is 27.4. The minimum atomic E-state index is -0.774. The lowest BCUT2D eigenvalue weighted by molar-refractivity contribution is 0.0219. The fourth-order valence-electron chi connectivity index (χ4n) is 4.48. The largest absolute Gasteiger partial charge is 0.444 e. The van der Waals surface area contributed by atoms with Crippen LogP contribution in [0.5, 0.6) is 0 Å². The van der Waals surface area contributed by atoms with Crippen LogP contribution in [0.25, 0.3) is 5.65 Å². The standard InChI is InChI=1S/C30H40FN5O4S/c1-19(2)24-18-32-26-23(35(28(38)40-30(6,7)8)21-11-9-10-20(31)16-21)17-25(33-36(24)26)41-22-12-14-34(15-13-22)27(37)39-29(3,4)5/h9-11,16-19,22H,12-15H2,1-8H3. The van der Waals surface area contributed by atoms with Crippen molar-refractivity contribution in [3.05, 3.63) is 48.0 Å². The molecule has 0 unspecified atom stereocenters. The van der Waals surface area contributed by atoms with Crippen LogP contribution in [0.2, 0.25) is 0 Å². The van der Waals surface area contributed by atoms with E-state index in [2.05, 4.69) is 18.8 Å². The fraction of sp³-hybridized carbons (Fsp3) is 0.533. The number of halogens is 1. The Morgan fingerprint density at radius 2 is 1.71 bits per heavy atom. The highest BCUT2D eigenvalue weighted by Gasteiger charge is 2.31. The van der Waals surface area contributed by atoms with Gasteiger partial charge in [0.2, 0.25) is 0 Å². The lowest BCUT2D eigenvalue weighted by Gasteiger charge is -2.33. The smallest absolute Gasteiger partial charge is 0.419 e. The molecule has 41 heavy (non-hydrogen) atoms. The van der Waals surface area contributed by atoms with E-state index >= 15 is 0 Å². The SMILES string of the molecule is CC(C)c1cnc2c(N(C(=O)OC(C)(C)C)c3cccc(F)c3)cc(SC3CCN(C(=O)OC(C)(C)C)CC3)nn12. The first-order valence-electron chi connectivity index (χ1n) is 13.9. The summed E-state index contributed by atoms with van der Waals surface area (Å²) in [5, 5.41) is 5.78. The second-order valence-electron chi connectivity index (χ2n) is 12.5. The molecule has 0 radical (unpaired) electrons. The molecule has 1 fully saturated rings. The predicted octanol–water partition coefficient (Wildman–Crippen LogP) is 7.56. The quantitative estimate of drug-likeness (QED) is 0.305. The number of fused-ring (bicyclic) bond motifs is 1. The molecular weight excluding hydrogens is 545 g/mol. The number of thioether (sulfide) groups is 1. The molecule has 11 heteroatoms. The number of rotatable bonds is 5. The number of benzene rings is 1. The van der Waals surface area contributed by atoms with E-state index in [-0.39, 0.29) is 17.3 Å². The minimum Gasteiger partial charge on any atom is -0.444 e. The summed E-state index contributed by atoms with van der Waals surface area (Å²) in [7, 11) is 0. The molecule has 0 spiro atoms. The van der Waals surface area contributed by atoms with Crippen LogP contribution in [0.1, 0.15) is 79.8 Å². The van der Waals surface area contributed by atoms with Crippen LogP contribution in [0, 0.1) is 5.82 Å². The van der Waals surface area contributed by atoms with Gasteiger partial charge in [0.05, 0.1) is 23.3 Å². The van der Waals surface area contributed by atoms with Crippen molar-refractivity contribution in [2.24, 2.45) is 0 Å². The second kappa shape index (κ2) is 11.9. The summed E-state index contributed by atoms with van der Waals surface area (Å²) >= 11 is 1.59. The Balaban J connectivity index is 1.70. The van der Waals surface area contributed by atoms with E-state index in [1.807, 2.05) is 26.8 Å². The zero-order chi connectivity index (χ0) is 30.1. The van der Waals surface area contributed by atoms with E-state index in [9.17, 15) is 14.0 Å². The summed E-state index contributed by atoms with van der Waals surface area (Å²) in [6.45, 7) is 16.2.